The molecule has 3 heterocycles. The third-order valence-corrected chi connectivity index (χ3v) is 3.92. The van der Waals surface area contributed by atoms with Crippen LogP contribution >= 0.6 is 0 Å². The van der Waals surface area contributed by atoms with Crippen LogP contribution in [0.15, 0.2) is 30.7 Å². The van der Waals surface area contributed by atoms with E-state index in [4.69, 9.17) is 4.74 Å². The summed E-state index contributed by atoms with van der Waals surface area (Å²) in [5.41, 5.74) is 0.315. The van der Waals surface area contributed by atoms with Crippen LogP contribution in [0.25, 0.3) is 11.5 Å². The zero-order valence-electron chi connectivity index (χ0n) is 15.1. The van der Waals surface area contributed by atoms with Gasteiger partial charge in [-0.25, -0.2) is 4.98 Å². The van der Waals surface area contributed by atoms with Crippen LogP contribution in [0.2, 0.25) is 0 Å². The summed E-state index contributed by atoms with van der Waals surface area (Å²) in [5.74, 6) is -0.336. The van der Waals surface area contributed by atoms with Gasteiger partial charge in [-0.05, 0) is 19.1 Å². The maximum absolute atomic E-state index is 13.0. The average Bonchev–Trinajstić information content (AvgIpc) is 3.26. The first-order valence-corrected chi connectivity index (χ1v) is 8.03. The summed E-state index contributed by atoms with van der Waals surface area (Å²) in [6.45, 7) is 0.993. The first-order chi connectivity index (χ1) is 13.2. The number of methoxy groups -OCH3 is 1. The number of hydrogen-bond donors (Lipinski definition) is 1. The summed E-state index contributed by atoms with van der Waals surface area (Å²) in [6, 6.07) is 2.68. The van der Waals surface area contributed by atoms with E-state index in [1.807, 2.05) is 0 Å². The molecule has 0 radical (unpaired) electrons. The van der Waals surface area contributed by atoms with E-state index in [0.29, 0.717) is 0 Å². The number of nitrogens with one attached hydrogen (secondary N) is 1. The van der Waals surface area contributed by atoms with Gasteiger partial charge in [-0.3, -0.25) is 9.48 Å². The minimum absolute atomic E-state index is 0.0696. The molecule has 0 fully saturated rings. The Hall–Kier alpha value is -3.44. The van der Waals surface area contributed by atoms with Crippen LogP contribution < -0.4 is 10.1 Å². The number of anilines is 1. The number of aromatic nitrogens is 6. The Morgan fingerprint density at radius 1 is 1.32 bits per heavy atom. The highest BCUT2D eigenvalue weighted by molar-refractivity contribution is 6.05. The third kappa shape index (κ3) is 3.80. The van der Waals surface area contributed by atoms with Gasteiger partial charge in [0, 0.05) is 13.2 Å². The molecule has 28 heavy (non-hydrogen) atoms. The van der Waals surface area contributed by atoms with Crippen molar-refractivity contribution in [3.63, 3.8) is 0 Å². The van der Waals surface area contributed by atoms with E-state index >= 15 is 0 Å². The number of ether oxygens (including phenoxy) is 1. The lowest BCUT2D eigenvalue weighted by molar-refractivity contribution is -0.162. The Balaban J connectivity index is 1.88. The van der Waals surface area contributed by atoms with Crippen molar-refractivity contribution in [3.05, 3.63) is 36.3 Å². The lowest BCUT2D eigenvalue weighted by atomic mass is 10.2. The standard InChI is InChI=1S/C16H16F3N7O2/c1-9(16(17,18)19)26-8-20-23-13(26)11-5-4-6-12(21-11)22-14(27)10-7-25(2)24-15(10)28-3/h4-9H,1-3H3,(H,21,22,27). The number of rotatable bonds is 5. The number of carbonyl (C=O) groups excluding carboxylic acids is 1. The maximum atomic E-state index is 13.0. The number of halogens is 3. The molecule has 3 rings (SSSR count). The summed E-state index contributed by atoms with van der Waals surface area (Å²) in [5, 5.41) is 13.8. The van der Waals surface area contributed by atoms with E-state index in [2.05, 4.69) is 25.6 Å². The summed E-state index contributed by atoms with van der Waals surface area (Å²) in [7, 11) is 3.01. The second kappa shape index (κ2) is 7.29. The topological polar surface area (TPSA) is 99.8 Å². The van der Waals surface area contributed by atoms with Crippen molar-refractivity contribution in [2.75, 3.05) is 12.4 Å². The summed E-state index contributed by atoms with van der Waals surface area (Å²) >= 11 is 0. The quantitative estimate of drug-likeness (QED) is 0.712. The third-order valence-electron chi connectivity index (χ3n) is 3.92. The molecule has 1 amide bonds. The van der Waals surface area contributed by atoms with Gasteiger partial charge in [-0.1, -0.05) is 6.07 Å². The van der Waals surface area contributed by atoms with Crippen molar-refractivity contribution in [1.29, 1.82) is 0 Å². The number of hydrogen-bond acceptors (Lipinski definition) is 6. The fourth-order valence-corrected chi connectivity index (χ4v) is 2.45. The van der Waals surface area contributed by atoms with E-state index in [1.165, 1.54) is 36.2 Å². The lowest BCUT2D eigenvalue weighted by Gasteiger charge is -2.18. The van der Waals surface area contributed by atoms with Crippen molar-refractivity contribution in [3.8, 4) is 17.4 Å². The van der Waals surface area contributed by atoms with Gasteiger partial charge >= 0.3 is 6.18 Å². The Morgan fingerprint density at radius 2 is 2.07 bits per heavy atom. The molecule has 0 aromatic carbocycles. The van der Waals surface area contributed by atoms with E-state index in [1.54, 1.807) is 7.05 Å². The van der Waals surface area contributed by atoms with Crippen LogP contribution in [-0.2, 0) is 7.05 Å². The van der Waals surface area contributed by atoms with E-state index in [0.717, 1.165) is 17.8 Å². The molecule has 3 aromatic heterocycles. The highest BCUT2D eigenvalue weighted by Crippen LogP contribution is 2.32. The smallest absolute Gasteiger partial charge is 0.408 e. The molecule has 0 aliphatic carbocycles. The van der Waals surface area contributed by atoms with Gasteiger partial charge in [0.25, 0.3) is 5.91 Å². The van der Waals surface area contributed by atoms with Gasteiger partial charge in [0.15, 0.2) is 5.82 Å². The zero-order valence-corrected chi connectivity index (χ0v) is 15.1. The minimum atomic E-state index is -4.47. The fourth-order valence-electron chi connectivity index (χ4n) is 2.45. The number of alkyl halides is 3. The monoisotopic (exact) mass is 395 g/mol. The van der Waals surface area contributed by atoms with Crippen molar-refractivity contribution in [2.24, 2.45) is 7.05 Å². The predicted octanol–water partition coefficient (Wildman–Crippen LogP) is 2.46. The summed E-state index contributed by atoms with van der Waals surface area (Å²) < 4.78 is 46.5. The molecule has 1 N–H and O–H groups in total. The molecule has 0 saturated carbocycles. The zero-order chi connectivity index (χ0) is 20.5. The molecular formula is C16H16F3N7O2. The SMILES string of the molecule is COc1nn(C)cc1C(=O)Nc1cccc(-c2nncn2C(C)C(F)(F)F)n1. The minimum Gasteiger partial charge on any atom is -0.479 e. The largest absolute Gasteiger partial charge is 0.479 e. The number of amides is 1. The van der Waals surface area contributed by atoms with Crippen molar-refractivity contribution < 1.29 is 22.7 Å². The van der Waals surface area contributed by atoms with Crippen molar-refractivity contribution in [1.82, 2.24) is 29.5 Å². The maximum Gasteiger partial charge on any atom is 0.408 e. The number of aryl methyl sites for hydroxylation is 1. The van der Waals surface area contributed by atoms with Crippen LogP contribution in [0.5, 0.6) is 5.88 Å². The molecule has 0 bridgehead atoms. The van der Waals surface area contributed by atoms with Gasteiger partial charge in [-0.2, -0.15) is 13.2 Å². The molecule has 0 saturated heterocycles. The second-order valence-electron chi connectivity index (χ2n) is 5.87. The number of nitrogens with zero attached hydrogens (tertiary/aromatic N) is 6. The first kappa shape index (κ1) is 19.3. The van der Waals surface area contributed by atoms with Crippen LogP contribution in [0, 0.1) is 0 Å². The average molecular weight is 395 g/mol. The number of carbonyl (C=O) groups is 1. The highest BCUT2D eigenvalue weighted by Gasteiger charge is 2.38. The molecule has 1 atom stereocenters. The molecule has 3 aromatic rings. The molecule has 1 unspecified atom stereocenters. The molecule has 12 heteroatoms. The number of pyridine rings is 1. The molecule has 0 aliphatic heterocycles. The Morgan fingerprint density at radius 3 is 2.75 bits per heavy atom. The van der Waals surface area contributed by atoms with Crippen LogP contribution in [-0.4, -0.2) is 48.7 Å². The van der Waals surface area contributed by atoms with Crippen molar-refractivity contribution >= 4 is 11.7 Å². The van der Waals surface area contributed by atoms with E-state index < -0.39 is 18.1 Å². The Kier molecular flexibility index (Phi) is 5.03. The normalized spacial score (nSPS) is 12.6. The first-order valence-electron chi connectivity index (χ1n) is 8.03. The fraction of sp³-hybridized carbons (Fsp3) is 0.312. The Labute approximate surface area is 157 Å². The molecule has 0 aliphatic rings. The van der Waals surface area contributed by atoms with Gasteiger partial charge < -0.3 is 14.6 Å². The van der Waals surface area contributed by atoms with Crippen molar-refractivity contribution in [2.45, 2.75) is 19.1 Å². The summed E-state index contributed by atoms with van der Waals surface area (Å²) in [6.07, 6.45) is -2.01. The van der Waals surface area contributed by atoms with Crippen LogP contribution in [0.3, 0.4) is 0 Å². The Bertz CT molecular complexity index is 996. The van der Waals surface area contributed by atoms with Gasteiger partial charge in [0.1, 0.15) is 29.4 Å². The molecular weight excluding hydrogens is 379 g/mol. The van der Waals surface area contributed by atoms with E-state index in [-0.39, 0.29) is 28.8 Å². The van der Waals surface area contributed by atoms with Gasteiger partial charge in [-0.15, -0.1) is 15.3 Å². The highest BCUT2D eigenvalue weighted by atomic mass is 19.4. The van der Waals surface area contributed by atoms with Gasteiger partial charge in [0.05, 0.1) is 7.11 Å². The summed E-state index contributed by atoms with van der Waals surface area (Å²) in [4.78, 5) is 16.6. The van der Waals surface area contributed by atoms with Gasteiger partial charge in [0.2, 0.25) is 5.88 Å². The molecule has 9 nitrogen and oxygen atoms in total. The van der Waals surface area contributed by atoms with Crippen LogP contribution in [0.1, 0.15) is 23.3 Å². The lowest BCUT2D eigenvalue weighted by Crippen LogP contribution is -2.24. The van der Waals surface area contributed by atoms with E-state index in [9.17, 15) is 18.0 Å². The molecule has 0 spiro atoms. The van der Waals surface area contributed by atoms with Crippen LogP contribution in [0.4, 0.5) is 19.0 Å². The molecule has 148 valence electrons. The predicted molar refractivity (Wildman–Crippen MR) is 91.7 cm³/mol. The second-order valence-corrected chi connectivity index (χ2v) is 5.87.